The molecule has 0 spiro atoms. The van der Waals surface area contributed by atoms with Crippen LogP contribution < -0.4 is 5.32 Å². The van der Waals surface area contributed by atoms with E-state index in [1.165, 1.54) is 6.92 Å². The Labute approximate surface area is 130 Å². The quantitative estimate of drug-likeness (QED) is 0.819. The molecule has 0 saturated carbocycles. The van der Waals surface area contributed by atoms with Crippen LogP contribution in [-0.2, 0) is 20.9 Å². The van der Waals surface area contributed by atoms with E-state index in [0.717, 1.165) is 25.0 Å². The van der Waals surface area contributed by atoms with E-state index < -0.39 is 0 Å². The first-order valence-electron chi connectivity index (χ1n) is 7.68. The SMILES string of the molecule is CC(=O)N(CCC(=O)NCc1cccnc1)CC1CCCO1. The number of rotatable bonds is 7. The van der Waals surface area contributed by atoms with Gasteiger partial charge in [-0.3, -0.25) is 14.6 Å². The van der Waals surface area contributed by atoms with Crippen LogP contribution in [0.25, 0.3) is 0 Å². The molecular weight excluding hydrogens is 282 g/mol. The van der Waals surface area contributed by atoms with Crippen LogP contribution in [0.3, 0.4) is 0 Å². The first-order chi connectivity index (χ1) is 10.6. The third-order valence-corrected chi connectivity index (χ3v) is 3.71. The Kier molecular flexibility index (Phi) is 6.33. The summed E-state index contributed by atoms with van der Waals surface area (Å²) in [6.07, 6.45) is 5.86. The highest BCUT2D eigenvalue weighted by Crippen LogP contribution is 2.13. The molecule has 6 nitrogen and oxygen atoms in total. The van der Waals surface area contributed by atoms with Gasteiger partial charge in [-0.05, 0) is 24.5 Å². The molecule has 2 heterocycles. The summed E-state index contributed by atoms with van der Waals surface area (Å²) in [4.78, 5) is 29.2. The number of amides is 2. The molecule has 0 aromatic carbocycles. The Balaban J connectivity index is 1.71. The van der Waals surface area contributed by atoms with Gasteiger partial charge in [0.2, 0.25) is 11.8 Å². The summed E-state index contributed by atoms with van der Waals surface area (Å²) < 4.78 is 5.54. The summed E-state index contributed by atoms with van der Waals surface area (Å²) in [5.41, 5.74) is 0.957. The fraction of sp³-hybridized carbons (Fsp3) is 0.562. The van der Waals surface area contributed by atoms with Crippen LogP contribution >= 0.6 is 0 Å². The van der Waals surface area contributed by atoms with Crippen LogP contribution in [0, 0.1) is 0 Å². The van der Waals surface area contributed by atoms with Crippen molar-refractivity contribution in [3.63, 3.8) is 0 Å². The lowest BCUT2D eigenvalue weighted by Crippen LogP contribution is -2.38. The Morgan fingerprint density at radius 3 is 3.00 bits per heavy atom. The average molecular weight is 305 g/mol. The zero-order valence-corrected chi connectivity index (χ0v) is 13.0. The van der Waals surface area contributed by atoms with Crippen LogP contribution in [0.1, 0.15) is 31.7 Å². The second-order valence-electron chi connectivity index (χ2n) is 5.49. The second-order valence-corrected chi connectivity index (χ2v) is 5.49. The fourth-order valence-corrected chi connectivity index (χ4v) is 2.44. The van der Waals surface area contributed by atoms with E-state index in [0.29, 0.717) is 26.1 Å². The fourth-order valence-electron chi connectivity index (χ4n) is 2.44. The topological polar surface area (TPSA) is 71.5 Å². The zero-order valence-electron chi connectivity index (χ0n) is 13.0. The molecule has 6 heteroatoms. The van der Waals surface area contributed by atoms with E-state index in [1.54, 1.807) is 17.3 Å². The van der Waals surface area contributed by atoms with E-state index in [1.807, 2.05) is 12.1 Å². The lowest BCUT2D eigenvalue weighted by atomic mass is 10.2. The maximum absolute atomic E-state index is 11.9. The van der Waals surface area contributed by atoms with Crippen LogP contribution in [0.2, 0.25) is 0 Å². The minimum absolute atomic E-state index is 0.0180. The lowest BCUT2D eigenvalue weighted by molar-refractivity contribution is -0.131. The first kappa shape index (κ1) is 16.4. The smallest absolute Gasteiger partial charge is 0.222 e. The average Bonchev–Trinajstić information content (AvgIpc) is 3.03. The maximum Gasteiger partial charge on any atom is 0.222 e. The van der Waals surface area contributed by atoms with Gasteiger partial charge < -0.3 is 15.0 Å². The van der Waals surface area contributed by atoms with E-state index in [4.69, 9.17) is 4.74 Å². The van der Waals surface area contributed by atoms with E-state index in [9.17, 15) is 9.59 Å². The van der Waals surface area contributed by atoms with Gasteiger partial charge in [0.15, 0.2) is 0 Å². The predicted octanol–water partition coefficient (Wildman–Crippen LogP) is 1.12. The van der Waals surface area contributed by atoms with Crippen molar-refractivity contribution in [2.24, 2.45) is 0 Å². The molecule has 1 N–H and O–H groups in total. The predicted molar refractivity (Wildman–Crippen MR) is 81.9 cm³/mol. The van der Waals surface area contributed by atoms with Crippen LogP contribution in [0.15, 0.2) is 24.5 Å². The van der Waals surface area contributed by atoms with Crippen LogP contribution in [0.4, 0.5) is 0 Å². The summed E-state index contributed by atoms with van der Waals surface area (Å²) >= 11 is 0. The van der Waals surface area contributed by atoms with Crippen LogP contribution in [-0.4, -0.2) is 47.5 Å². The molecule has 1 aromatic rings. The summed E-state index contributed by atoms with van der Waals surface area (Å²) in [5, 5.41) is 2.84. The molecule has 1 atom stereocenters. The summed E-state index contributed by atoms with van der Waals surface area (Å²) in [5.74, 6) is -0.0852. The van der Waals surface area contributed by atoms with E-state index in [2.05, 4.69) is 10.3 Å². The number of nitrogens with zero attached hydrogens (tertiary/aromatic N) is 2. The third-order valence-electron chi connectivity index (χ3n) is 3.71. The molecule has 0 radical (unpaired) electrons. The number of aromatic nitrogens is 1. The van der Waals surface area contributed by atoms with Gasteiger partial charge in [-0.15, -0.1) is 0 Å². The molecule has 1 saturated heterocycles. The van der Waals surface area contributed by atoms with Gasteiger partial charge in [-0.25, -0.2) is 0 Å². The van der Waals surface area contributed by atoms with Crippen LogP contribution in [0.5, 0.6) is 0 Å². The molecule has 2 amide bonds. The minimum Gasteiger partial charge on any atom is -0.376 e. The Hall–Kier alpha value is -1.95. The Morgan fingerprint density at radius 1 is 1.50 bits per heavy atom. The number of hydrogen-bond donors (Lipinski definition) is 1. The zero-order chi connectivity index (χ0) is 15.8. The van der Waals surface area contributed by atoms with Crippen molar-refractivity contribution in [1.29, 1.82) is 0 Å². The molecule has 1 aliphatic rings. The second kappa shape index (κ2) is 8.48. The molecule has 22 heavy (non-hydrogen) atoms. The number of pyridine rings is 1. The molecule has 1 unspecified atom stereocenters. The highest BCUT2D eigenvalue weighted by atomic mass is 16.5. The molecule has 2 rings (SSSR count). The number of hydrogen-bond acceptors (Lipinski definition) is 4. The van der Waals surface area contributed by atoms with E-state index >= 15 is 0 Å². The lowest BCUT2D eigenvalue weighted by Gasteiger charge is -2.23. The summed E-state index contributed by atoms with van der Waals surface area (Å²) in [7, 11) is 0. The third kappa shape index (κ3) is 5.44. The van der Waals surface area contributed by atoms with Crippen molar-refractivity contribution in [2.45, 2.75) is 38.8 Å². The van der Waals surface area contributed by atoms with Crippen molar-refractivity contribution in [2.75, 3.05) is 19.7 Å². The highest BCUT2D eigenvalue weighted by Gasteiger charge is 2.21. The molecule has 1 aromatic heterocycles. The van der Waals surface area contributed by atoms with Crippen molar-refractivity contribution in [1.82, 2.24) is 15.2 Å². The van der Waals surface area contributed by atoms with Gasteiger partial charge in [0.1, 0.15) is 0 Å². The number of carbonyl (C=O) groups excluding carboxylic acids is 2. The molecule has 1 fully saturated rings. The Bertz CT molecular complexity index is 487. The largest absolute Gasteiger partial charge is 0.376 e. The van der Waals surface area contributed by atoms with Gasteiger partial charge in [-0.2, -0.15) is 0 Å². The van der Waals surface area contributed by atoms with Gasteiger partial charge in [-0.1, -0.05) is 6.07 Å². The van der Waals surface area contributed by atoms with Crippen molar-refractivity contribution in [3.05, 3.63) is 30.1 Å². The van der Waals surface area contributed by atoms with Crippen molar-refractivity contribution < 1.29 is 14.3 Å². The van der Waals surface area contributed by atoms with Gasteiger partial charge in [0, 0.05) is 52.0 Å². The molecule has 1 aliphatic heterocycles. The maximum atomic E-state index is 11.9. The number of ether oxygens (including phenoxy) is 1. The standard InChI is InChI=1S/C16H23N3O3/c1-13(20)19(12-15-5-3-9-22-15)8-6-16(21)18-11-14-4-2-7-17-10-14/h2,4,7,10,15H,3,5-6,8-9,11-12H2,1H3,(H,18,21). The molecule has 0 aliphatic carbocycles. The normalized spacial score (nSPS) is 17.2. The molecular formula is C16H23N3O3. The number of nitrogens with one attached hydrogen (secondary N) is 1. The molecule has 120 valence electrons. The van der Waals surface area contributed by atoms with Gasteiger partial charge in [0.25, 0.3) is 0 Å². The first-order valence-corrected chi connectivity index (χ1v) is 7.68. The summed E-state index contributed by atoms with van der Waals surface area (Å²) in [6.45, 7) is 3.75. The number of carbonyl (C=O) groups is 2. The monoisotopic (exact) mass is 305 g/mol. The highest BCUT2D eigenvalue weighted by molar-refractivity contribution is 5.78. The molecule has 0 bridgehead atoms. The minimum atomic E-state index is -0.0672. The van der Waals surface area contributed by atoms with Crippen molar-refractivity contribution >= 4 is 11.8 Å². The van der Waals surface area contributed by atoms with Crippen molar-refractivity contribution in [3.8, 4) is 0 Å². The van der Waals surface area contributed by atoms with Gasteiger partial charge >= 0.3 is 0 Å². The van der Waals surface area contributed by atoms with Gasteiger partial charge in [0.05, 0.1) is 6.10 Å². The summed E-state index contributed by atoms with van der Waals surface area (Å²) in [6, 6.07) is 3.74. The Morgan fingerprint density at radius 2 is 2.36 bits per heavy atom. The van der Waals surface area contributed by atoms with E-state index in [-0.39, 0.29) is 17.9 Å².